The maximum absolute atomic E-state index is 5.54. The summed E-state index contributed by atoms with van der Waals surface area (Å²) < 4.78 is 5.54. The van der Waals surface area contributed by atoms with Crippen molar-refractivity contribution in [3.05, 3.63) is 35.4 Å². The van der Waals surface area contributed by atoms with Gasteiger partial charge in [-0.25, -0.2) is 0 Å². The summed E-state index contributed by atoms with van der Waals surface area (Å²) in [6.45, 7) is 8.40. The molecule has 0 radical (unpaired) electrons. The van der Waals surface area contributed by atoms with E-state index in [0.29, 0.717) is 12.8 Å². The van der Waals surface area contributed by atoms with E-state index in [2.05, 4.69) is 50.4 Å². The molecular formula is C14H21NO. The summed E-state index contributed by atoms with van der Waals surface area (Å²) in [5.41, 5.74) is 2.99. The Hall–Kier alpha value is -0.860. The molecule has 1 atom stereocenters. The average Bonchev–Trinajstić information content (AvgIpc) is 2.70. The second-order valence-corrected chi connectivity index (χ2v) is 5.54. The van der Waals surface area contributed by atoms with Gasteiger partial charge in [0, 0.05) is 6.54 Å². The molecule has 1 aliphatic heterocycles. The Morgan fingerprint density at radius 2 is 1.94 bits per heavy atom. The predicted octanol–water partition coefficient (Wildman–Crippen LogP) is 2.47. The number of hydrogen-bond acceptors (Lipinski definition) is 2. The van der Waals surface area contributed by atoms with Crippen molar-refractivity contribution < 1.29 is 4.74 Å². The maximum Gasteiger partial charge on any atom is 0.0970 e. The summed E-state index contributed by atoms with van der Waals surface area (Å²) in [5.74, 6) is 0. The zero-order valence-corrected chi connectivity index (χ0v) is 10.4. The van der Waals surface area contributed by atoms with Crippen LogP contribution in [-0.2, 0) is 16.6 Å². The van der Waals surface area contributed by atoms with Gasteiger partial charge >= 0.3 is 0 Å². The van der Waals surface area contributed by atoms with Crippen LogP contribution < -0.4 is 5.32 Å². The highest BCUT2D eigenvalue weighted by Crippen LogP contribution is 2.22. The van der Waals surface area contributed by atoms with Crippen molar-refractivity contribution in [3.8, 4) is 0 Å². The Morgan fingerprint density at radius 1 is 1.25 bits per heavy atom. The zero-order valence-electron chi connectivity index (χ0n) is 10.4. The Balaban J connectivity index is 2.01. The molecule has 1 saturated heterocycles. The molecule has 0 amide bonds. The summed E-state index contributed by atoms with van der Waals surface area (Å²) in [7, 11) is 0. The van der Waals surface area contributed by atoms with Gasteiger partial charge in [0.1, 0.15) is 0 Å². The molecule has 1 N–H and O–H groups in total. The lowest BCUT2D eigenvalue weighted by Gasteiger charge is -2.19. The second-order valence-electron chi connectivity index (χ2n) is 5.54. The lowest BCUT2D eigenvalue weighted by Crippen LogP contribution is -2.16. The smallest absolute Gasteiger partial charge is 0.0970 e. The fraction of sp³-hybridized carbons (Fsp3) is 0.571. The maximum atomic E-state index is 5.54. The third kappa shape index (κ3) is 2.83. The van der Waals surface area contributed by atoms with Crippen LogP contribution in [-0.4, -0.2) is 19.4 Å². The summed E-state index contributed by atoms with van der Waals surface area (Å²) >= 11 is 0. The van der Waals surface area contributed by atoms with Gasteiger partial charge in [-0.2, -0.15) is 0 Å². The Bertz CT molecular complexity index is 331. The SMILES string of the molecule is CC(C)(C)c1ccc(CC2CNCO2)cc1. The van der Waals surface area contributed by atoms with Gasteiger partial charge in [0.25, 0.3) is 0 Å². The van der Waals surface area contributed by atoms with Crippen LogP contribution in [0, 0.1) is 0 Å². The molecule has 0 aromatic heterocycles. The molecule has 16 heavy (non-hydrogen) atoms. The van der Waals surface area contributed by atoms with E-state index in [1.807, 2.05) is 0 Å². The first kappa shape index (κ1) is 11.6. The molecule has 1 aliphatic rings. The van der Waals surface area contributed by atoms with E-state index in [1.165, 1.54) is 11.1 Å². The second kappa shape index (κ2) is 4.56. The number of nitrogens with one attached hydrogen (secondary N) is 1. The van der Waals surface area contributed by atoms with Crippen molar-refractivity contribution in [3.63, 3.8) is 0 Å². The molecule has 1 fully saturated rings. The number of rotatable bonds is 2. The van der Waals surface area contributed by atoms with Crippen LogP contribution in [0.2, 0.25) is 0 Å². The zero-order chi connectivity index (χ0) is 11.6. The molecule has 1 aromatic carbocycles. The highest BCUT2D eigenvalue weighted by atomic mass is 16.5. The minimum Gasteiger partial charge on any atom is -0.361 e. The van der Waals surface area contributed by atoms with E-state index in [4.69, 9.17) is 4.74 Å². The number of hydrogen-bond donors (Lipinski definition) is 1. The van der Waals surface area contributed by atoms with E-state index in [1.54, 1.807) is 0 Å². The van der Waals surface area contributed by atoms with Gasteiger partial charge in [-0.15, -0.1) is 0 Å². The Labute approximate surface area is 98.0 Å². The molecule has 2 rings (SSSR count). The predicted molar refractivity (Wildman–Crippen MR) is 66.6 cm³/mol. The third-order valence-electron chi connectivity index (χ3n) is 3.08. The molecule has 1 unspecified atom stereocenters. The standard InChI is InChI=1S/C14H21NO/c1-14(2,3)12-6-4-11(5-7-12)8-13-9-15-10-16-13/h4-7,13,15H,8-10H2,1-3H3. The molecule has 88 valence electrons. The van der Waals surface area contributed by atoms with Crippen LogP contribution in [0.3, 0.4) is 0 Å². The highest BCUT2D eigenvalue weighted by molar-refractivity contribution is 5.27. The lowest BCUT2D eigenvalue weighted by molar-refractivity contribution is 0.114. The quantitative estimate of drug-likeness (QED) is 0.825. The topological polar surface area (TPSA) is 21.3 Å². The van der Waals surface area contributed by atoms with E-state index >= 15 is 0 Å². The van der Waals surface area contributed by atoms with Crippen LogP contribution in [0.5, 0.6) is 0 Å². The fourth-order valence-electron chi connectivity index (χ4n) is 1.99. The van der Waals surface area contributed by atoms with Gasteiger partial charge in [0.15, 0.2) is 0 Å². The van der Waals surface area contributed by atoms with Gasteiger partial charge in [-0.3, -0.25) is 5.32 Å². The summed E-state index contributed by atoms with van der Waals surface area (Å²) in [4.78, 5) is 0. The summed E-state index contributed by atoms with van der Waals surface area (Å²) in [5, 5.41) is 3.21. The van der Waals surface area contributed by atoms with Gasteiger partial charge in [-0.05, 0) is 23.0 Å². The largest absolute Gasteiger partial charge is 0.361 e. The van der Waals surface area contributed by atoms with Crippen molar-refractivity contribution in [1.29, 1.82) is 0 Å². The Morgan fingerprint density at radius 3 is 2.44 bits per heavy atom. The highest BCUT2D eigenvalue weighted by Gasteiger charge is 2.16. The first-order chi connectivity index (χ1) is 7.55. The number of benzene rings is 1. The Kier molecular flexibility index (Phi) is 3.31. The van der Waals surface area contributed by atoms with Crippen LogP contribution in [0.4, 0.5) is 0 Å². The number of ether oxygens (including phenoxy) is 1. The van der Waals surface area contributed by atoms with E-state index in [-0.39, 0.29) is 5.41 Å². The normalized spacial score (nSPS) is 21.3. The van der Waals surface area contributed by atoms with E-state index < -0.39 is 0 Å². The third-order valence-corrected chi connectivity index (χ3v) is 3.08. The first-order valence-electron chi connectivity index (χ1n) is 5.97. The minimum atomic E-state index is 0.240. The molecule has 0 aliphatic carbocycles. The van der Waals surface area contributed by atoms with Crippen molar-refractivity contribution in [2.24, 2.45) is 0 Å². The molecule has 0 saturated carbocycles. The van der Waals surface area contributed by atoms with Gasteiger partial charge in [0.05, 0.1) is 12.8 Å². The van der Waals surface area contributed by atoms with Crippen molar-refractivity contribution in [2.45, 2.75) is 38.7 Å². The van der Waals surface area contributed by atoms with Crippen LogP contribution >= 0.6 is 0 Å². The molecular weight excluding hydrogens is 198 g/mol. The molecule has 1 heterocycles. The van der Waals surface area contributed by atoms with Crippen LogP contribution in [0.15, 0.2) is 24.3 Å². The monoisotopic (exact) mass is 219 g/mol. The average molecular weight is 219 g/mol. The molecule has 0 spiro atoms. The van der Waals surface area contributed by atoms with E-state index in [0.717, 1.165) is 13.0 Å². The van der Waals surface area contributed by atoms with Crippen LogP contribution in [0.1, 0.15) is 31.9 Å². The minimum absolute atomic E-state index is 0.240. The summed E-state index contributed by atoms with van der Waals surface area (Å²) in [6, 6.07) is 8.92. The van der Waals surface area contributed by atoms with Gasteiger partial charge < -0.3 is 4.74 Å². The van der Waals surface area contributed by atoms with Crippen molar-refractivity contribution >= 4 is 0 Å². The van der Waals surface area contributed by atoms with Gasteiger partial charge in [0.2, 0.25) is 0 Å². The van der Waals surface area contributed by atoms with Gasteiger partial charge in [-0.1, -0.05) is 45.0 Å². The lowest BCUT2D eigenvalue weighted by atomic mass is 9.86. The molecule has 0 bridgehead atoms. The molecule has 2 heteroatoms. The fourth-order valence-corrected chi connectivity index (χ4v) is 1.99. The van der Waals surface area contributed by atoms with Crippen LogP contribution in [0.25, 0.3) is 0 Å². The van der Waals surface area contributed by atoms with E-state index in [9.17, 15) is 0 Å². The molecule has 1 aromatic rings. The van der Waals surface area contributed by atoms with Crippen molar-refractivity contribution in [2.75, 3.05) is 13.3 Å². The van der Waals surface area contributed by atoms with Crippen molar-refractivity contribution in [1.82, 2.24) is 5.32 Å². The molecule has 2 nitrogen and oxygen atoms in total. The first-order valence-corrected chi connectivity index (χ1v) is 5.97. The summed E-state index contributed by atoms with van der Waals surface area (Å²) in [6.07, 6.45) is 1.36.